The number of nitrogens with zero attached hydrogens (tertiary/aromatic N) is 1. The maximum absolute atomic E-state index is 9.97. The van der Waals surface area contributed by atoms with E-state index in [0.717, 1.165) is 17.0 Å². The molecule has 0 fully saturated rings. The highest BCUT2D eigenvalue weighted by molar-refractivity contribution is 5.74. The quantitative estimate of drug-likeness (QED) is 0.886. The molecular weight excluding hydrogens is 244 g/mol. The second kappa shape index (κ2) is 5.48. The summed E-state index contributed by atoms with van der Waals surface area (Å²) in [5.41, 5.74) is 2.56. The monoisotopic (exact) mass is 260 g/mol. The lowest BCUT2D eigenvalue weighted by Crippen LogP contribution is -1.91. The summed E-state index contributed by atoms with van der Waals surface area (Å²) in [5, 5.41) is 16.9. The molecule has 2 aromatic rings. The van der Waals surface area contributed by atoms with Gasteiger partial charge in [0, 0.05) is 11.3 Å². The van der Waals surface area contributed by atoms with Gasteiger partial charge in [0.15, 0.2) is 11.5 Å². The number of ether oxygens (including phenoxy) is 2. The number of nitrogens with one attached hydrogen (secondary N) is 1. The van der Waals surface area contributed by atoms with E-state index >= 15 is 0 Å². The van der Waals surface area contributed by atoms with Gasteiger partial charge in [-0.3, -0.25) is 5.10 Å². The molecule has 1 aromatic heterocycles. The number of aromatic amines is 1. The zero-order chi connectivity index (χ0) is 13.8. The third-order valence-corrected chi connectivity index (χ3v) is 2.71. The minimum absolute atomic E-state index is 0.00893. The number of aromatic hydroxyl groups is 1. The van der Waals surface area contributed by atoms with Gasteiger partial charge < -0.3 is 14.6 Å². The average molecular weight is 260 g/mol. The molecule has 0 aliphatic rings. The highest BCUT2D eigenvalue weighted by atomic mass is 16.5. The zero-order valence-corrected chi connectivity index (χ0v) is 11.1. The van der Waals surface area contributed by atoms with E-state index in [1.807, 2.05) is 31.2 Å². The Bertz CT molecular complexity index is 603. The third-order valence-electron chi connectivity index (χ3n) is 2.71. The van der Waals surface area contributed by atoms with E-state index in [1.54, 1.807) is 6.07 Å². The molecule has 0 aliphatic heterocycles. The zero-order valence-electron chi connectivity index (χ0n) is 11.1. The highest BCUT2D eigenvalue weighted by Crippen LogP contribution is 2.39. The number of methoxy groups -OCH3 is 2. The Morgan fingerprint density at radius 2 is 2.00 bits per heavy atom. The molecule has 5 heteroatoms. The van der Waals surface area contributed by atoms with E-state index in [-0.39, 0.29) is 5.75 Å². The second-order valence-electron chi connectivity index (χ2n) is 4.05. The van der Waals surface area contributed by atoms with Gasteiger partial charge >= 0.3 is 0 Å². The lowest BCUT2D eigenvalue weighted by Gasteiger charge is -2.10. The molecule has 5 nitrogen and oxygen atoms in total. The van der Waals surface area contributed by atoms with Crippen molar-refractivity contribution in [3.63, 3.8) is 0 Å². The van der Waals surface area contributed by atoms with Crippen LogP contribution in [0.25, 0.3) is 12.2 Å². The first-order valence-corrected chi connectivity index (χ1v) is 5.79. The standard InChI is InChI=1S/C14H16N2O3/c1-9-8-11(16-15-9)6-4-10-5-7-12(18-2)13(17)14(10)19-3/h4-8,17H,1-3H3,(H,15,16)/b6-4+. The van der Waals surface area contributed by atoms with Crippen molar-refractivity contribution in [2.75, 3.05) is 14.2 Å². The molecule has 0 atom stereocenters. The molecule has 0 amide bonds. The van der Waals surface area contributed by atoms with Crippen LogP contribution in [0.15, 0.2) is 18.2 Å². The number of phenolic OH excluding ortho intramolecular Hbond substituents is 1. The van der Waals surface area contributed by atoms with E-state index in [0.29, 0.717) is 11.5 Å². The second-order valence-corrected chi connectivity index (χ2v) is 4.05. The van der Waals surface area contributed by atoms with Gasteiger partial charge in [0.25, 0.3) is 0 Å². The van der Waals surface area contributed by atoms with Crippen molar-refractivity contribution in [1.82, 2.24) is 10.2 Å². The number of hydrogen-bond acceptors (Lipinski definition) is 4. The fourth-order valence-corrected chi connectivity index (χ4v) is 1.78. The summed E-state index contributed by atoms with van der Waals surface area (Å²) in [5.74, 6) is 0.748. The topological polar surface area (TPSA) is 67.4 Å². The van der Waals surface area contributed by atoms with E-state index in [4.69, 9.17) is 9.47 Å². The Labute approximate surface area is 111 Å². The van der Waals surface area contributed by atoms with E-state index in [2.05, 4.69) is 10.2 Å². The Kier molecular flexibility index (Phi) is 3.75. The summed E-state index contributed by atoms with van der Waals surface area (Å²) in [4.78, 5) is 0. The molecule has 0 aliphatic carbocycles. The molecule has 100 valence electrons. The van der Waals surface area contributed by atoms with Crippen LogP contribution in [-0.2, 0) is 0 Å². The first-order valence-electron chi connectivity index (χ1n) is 5.79. The van der Waals surface area contributed by atoms with Crippen molar-refractivity contribution < 1.29 is 14.6 Å². The number of H-pyrrole nitrogens is 1. The van der Waals surface area contributed by atoms with Crippen LogP contribution in [0.2, 0.25) is 0 Å². The Morgan fingerprint density at radius 1 is 1.21 bits per heavy atom. The van der Waals surface area contributed by atoms with Gasteiger partial charge in [-0.25, -0.2) is 0 Å². The average Bonchev–Trinajstić information content (AvgIpc) is 2.82. The van der Waals surface area contributed by atoms with Crippen LogP contribution < -0.4 is 9.47 Å². The fourth-order valence-electron chi connectivity index (χ4n) is 1.78. The van der Waals surface area contributed by atoms with Crippen molar-refractivity contribution in [3.8, 4) is 17.2 Å². The lowest BCUT2D eigenvalue weighted by atomic mass is 10.1. The molecule has 2 rings (SSSR count). The summed E-state index contributed by atoms with van der Waals surface area (Å²) < 4.78 is 10.2. The van der Waals surface area contributed by atoms with Gasteiger partial charge in [-0.2, -0.15) is 5.10 Å². The summed E-state index contributed by atoms with van der Waals surface area (Å²) in [6.07, 6.45) is 3.67. The fraction of sp³-hybridized carbons (Fsp3) is 0.214. The van der Waals surface area contributed by atoms with Crippen molar-refractivity contribution in [1.29, 1.82) is 0 Å². The van der Waals surface area contributed by atoms with Gasteiger partial charge in [-0.05, 0) is 37.3 Å². The molecule has 0 saturated carbocycles. The maximum Gasteiger partial charge on any atom is 0.201 e. The Balaban J connectivity index is 2.35. The maximum atomic E-state index is 9.97. The summed E-state index contributed by atoms with van der Waals surface area (Å²) in [6.45, 7) is 1.93. The first kappa shape index (κ1) is 13.0. The molecular formula is C14H16N2O3. The van der Waals surface area contributed by atoms with Gasteiger partial charge in [-0.15, -0.1) is 0 Å². The smallest absolute Gasteiger partial charge is 0.201 e. The largest absolute Gasteiger partial charge is 0.502 e. The van der Waals surface area contributed by atoms with Gasteiger partial charge in [0.05, 0.1) is 19.9 Å². The molecule has 19 heavy (non-hydrogen) atoms. The highest BCUT2D eigenvalue weighted by Gasteiger charge is 2.12. The van der Waals surface area contributed by atoms with Crippen LogP contribution in [0.4, 0.5) is 0 Å². The molecule has 0 unspecified atom stereocenters. The third kappa shape index (κ3) is 2.70. The van der Waals surface area contributed by atoms with Crippen LogP contribution >= 0.6 is 0 Å². The normalized spacial score (nSPS) is 10.9. The Morgan fingerprint density at radius 3 is 2.58 bits per heavy atom. The first-order chi connectivity index (χ1) is 9.15. The van der Waals surface area contributed by atoms with E-state index in [9.17, 15) is 5.11 Å². The van der Waals surface area contributed by atoms with Crippen LogP contribution in [0.5, 0.6) is 17.2 Å². The van der Waals surface area contributed by atoms with Gasteiger partial charge in [0.1, 0.15) is 0 Å². The van der Waals surface area contributed by atoms with Crippen molar-refractivity contribution in [2.24, 2.45) is 0 Å². The van der Waals surface area contributed by atoms with Crippen LogP contribution in [0.1, 0.15) is 17.0 Å². The summed E-state index contributed by atoms with van der Waals surface area (Å²) in [6, 6.07) is 5.42. The SMILES string of the molecule is COc1ccc(/C=C/c2cc(C)[nH]n2)c(OC)c1O. The molecule has 0 bridgehead atoms. The predicted molar refractivity (Wildman–Crippen MR) is 73.5 cm³/mol. The summed E-state index contributed by atoms with van der Waals surface area (Å²) in [7, 11) is 3.00. The van der Waals surface area contributed by atoms with E-state index < -0.39 is 0 Å². The molecule has 2 N–H and O–H groups in total. The number of rotatable bonds is 4. The number of aryl methyl sites for hydroxylation is 1. The van der Waals surface area contributed by atoms with E-state index in [1.165, 1.54) is 14.2 Å². The van der Waals surface area contributed by atoms with Crippen LogP contribution in [0.3, 0.4) is 0 Å². The van der Waals surface area contributed by atoms with Crippen molar-refractivity contribution in [3.05, 3.63) is 35.2 Å². The number of hydrogen-bond donors (Lipinski definition) is 2. The minimum atomic E-state index is -0.00893. The Hall–Kier alpha value is -2.43. The lowest BCUT2D eigenvalue weighted by molar-refractivity contribution is 0.339. The number of aromatic nitrogens is 2. The molecule has 0 radical (unpaired) electrons. The predicted octanol–water partition coefficient (Wildman–Crippen LogP) is 2.61. The van der Waals surface area contributed by atoms with Crippen LogP contribution in [-0.4, -0.2) is 29.5 Å². The molecule has 0 saturated heterocycles. The van der Waals surface area contributed by atoms with Crippen LogP contribution in [0, 0.1) is 6.92 Å². The van der Waals surface area contributed by atoms with Gasteiger partial charge in [0.2, 0.25) is 5.75 Å². The summed E-state index contributed by atoms with van der Waals surface area (Å²) >= 11 is 0. The van der Waals surface area contributed by atoms with Gasteiger partial charge in [-0.1, -0.05) is 0 Å². The minimum Gasteiger partial charge on any atom is -0.502 e. The van der Waals surface area contributed by atoms with Crippen molar-refractivity contribution in [2.45, 2.75) is 6.92 Å². The van der Waals surface area contributed by atoms with Crippen molar-refractivity contribution >= 4 is 12.2 Å². The molecule has 0 spiro atoms. The number of benzene rings is 1. The molecule has 1 heterocycles. The molecule has 1 aromatic carbocycles. The number of phenols is 1.